The molecular formula is C18H19NO6S. The van der Waals surface area contributed by atoms with Crippen LogP contribution in [-0.4, -0.2) is 40.3 Å². The number of carbonyl (C=O) groups is 1. The lowest BCUT2D eigenvalue weighted by atomic mass is 10.0. The summed E-state index contributed by atoms with van der Waals surface area (Å²) in [5, 5.41) is 9.20. The molecule has 0 amide bonds. The zero-order chi connectivity index (χ0) is 18.9. The molecule has 1 heterocycles. The van der Waals surface area contributed by atoms with Gasteiger partial charge in [-0.2, -0.15) is 0 Å². The summed E-state index contributed by atoms with van der Waals surface area (Å²) < 4.78 is 38.2. The highest BCUT2D eigenvalue weighted by Gasteiger charge is 2.32. The van der Waals surface area contributed by atoms with E-state index in [1.54, 1.807) is 19.2 Å². The molecule has 0 radical (unpaired) electrons. The highest BCUT2D eigenvalue weighted by molar-refractivity contribution is 7.93. The number of rotatable bonds is 5. The van der Waals surface area contributed by atoms with Gasteiger partial charge in [-0.25, -0.2) is 13.2 Å². The lowest BCUT2D eigenvalue weighted by Crippen LogP contribution is -2.35. The van der Waals surface area contributed by atoms with Crippen LogP contribution >= 0.6 is 0 Å². The standard InChI is InChI=1S/C18H19NO6S/c1-24-14-6-7-15-12(10-14)4-3-9-19(15)26(22,23)17-11-13(18(20)21)5-8-16(17)25-2/h5-8,10-11H,3-4,9H2,1-2H3,(H,20,21). The molecule has 0 atom stereocenters. The Kier molecular flexibility index (Phi) is 4.78. The molecule has 0 saturated carbocycles. The third-order valence-electron chi connectivity index (χ3n) is 4.34. The van der Waals surface area contributed by atoms with Gasteiger partial charge in [0.25, 0.3) is 10.0 Å². The number of carboxylic acids is 1. The fourth-order valence-electron chi connectivity index (χ4n) is 3.05. The molecule has 0 aromatic heterocycles. The van der Waals surface area contributed by atoms with Gasteiger partial charge in [0.05, 0.1) is 25.5 Å². The molecule has 0 spiro atoms. The van der Waals surface area contributed by atoms with Crippen molar-refractivity contribution in [2.24, 2.45) is 0 Å². The molecule has 7 nitrogen and oxygen atoms in total. The first-order valence-electron chi connectivity index (χ1n) is 7.99. The minimum absolute atomic E-state index is 0.107. The number of aromatic carboxylic acids is 1. The van der Waals surface area contributed by atoms with E-state index in [0.717, 1.165) is 18.1 Å². The highest BCUT2D eigenvalue weighted by Crippen LogP contribution is 2.36. The molecule has 1 aliphatic heterocycles. The summed E-state index contributed by atoms with van der Waals surface area (Å²) in [4.78, 5) is 11.1. The Hall–Kier alpha value is -2.74. The van der Waals surface area contributed by atoms with Crippen molar-refractivity contribution in [2.45, 2.75) is 17.7 Å². The molecule has 2 aromatic carbocycles. The maximum absolute atomic E-state index is 13.3. The van der Waals surface area contributed by atoms with Crippen LogP contribution in [0.25, 0.3) is 0 Å². The van der Waals surface area contributed by atoms with E-state index >= 15 is 0 Å². The predicted molar refractivity (Wildman–Crippen MR) is 95.8 cm³/mol. The Bertz CT molecular complexity index is 954. The maximum Gasteiger partial charge on any atom is 0.335 e. The lowest BCUT2D eigenvalue weighted by Gasteiger charge is -2.31. The molecule has 0 saturated heterocycles. The van der Waals surface area contributed by atoms with Crippen molar-refractivity contribution in [3.05, 3.63) is 47.5 Å². The van der Waals surface area contributed by atoms with Crippen molar-refractivity contribution in [2.75, 3.05) is 25.1 Å². The van der Waals surface area contributed by atoms with Gasteiger partial charge in [0, 0.05) is 6.54 Å². The van der Waals surface area contributed by atoms with Crippen LogP contribution in [0.4, 0.5) is 5.69 Å². The number of ether oxygens (including phenoxy) is 2. The van der Waals surface area contributed by atoms with Gasteiger partial charge in [-0.15, -0.1) is 0 Å². The second kappa shape index (κ2) is 6.87. The quantitative estimate of drug-likeness (QED) is 0.861. The second-order valence-corrected chi connectivity index (χ2v) is 7.68. The Labute approximate surface area is 151 Å². The van der Waals surface area contributed by atoms with Crippen LogP contribution in [0.3, 0.4) is 0 Å². The van der Waals surface area contributed by atoms with E-state index in [-0.39, 0.29) is 16.2 Å². The average molecular weight is 377 g/mol. The zero-order valence-corrected chi connectivity index (χ0v) is 15.2. The lowest BCUT2D eigenvalue weighted by molar-refractivity contribution is 0.0696. The van der Waals surface area contributed by atoms with Gasteiger partial charge in [-0.1, -0.05) is 0 Å². The summed E-state index contributed by atoms with van der Waals surface area (Å²) in [6.45, 7) is 0.308. The monoisotopic (exact) mass is 377 g/mol. The zero-order valence-electron chi connectivity index (χ0n) is 14.4. The van der Waals surface area contributed by atoms with Gasteiger partial charge >= 0.3 is 5.97 Å². The molecule has 0 bridgehead atoms. The fraction of sp³-hybridized carbons (Fsp3) is 0.278. The summed E-state index contributed by atoms with van der Waals surface area (Å²) in [6, 6.07) is 9.04. The Morgan fingerprint density at radius 2 is 1.88 bits per heavy atom. The molecular weight excluding hydrogens is 358 g/mol. The summed E-state index contributed by atoms with van der Waals surface area (Å²) in [5.74, 6) is -0.433. The Balaban J connectivity index is 2.13. The van der Waals surface area contributed by atoms with E-state index in [9.17, 15) is 18.3 Å². The molecule has 26 heavy (non-hydrogen) atoms. The number of nitrogens with zero attached hydrogens (tertiary/aromatic N) is 1. The minimum atomic E-state index is -3.99. The summed E-state index contributed by atoms with van der Waals surface area (Å²) >= 11 is 0. The van der Waals surface area contributed by atoms with Crippen LogP contribution in [0, 0.1) is 0 Å². The molecule has 1 aliphatic rings. The normalized spacial score (nSPS) is 13.8. The number of methoxy groups -OCH3 is 2. The largest absolute Gasteiger partial charge is 0.497 e. The molecule has 3 rings (SSSR count). The Morgan fingerprint density at radius 3 is 2.54 bits per heavy atom. The van der Waals surface area contributed by atoms with Gasteiger partial charge in [-0.3, -0.25) is 4.31 Å². The van der Waals surface area contributed by atoms with Crippen molar-refractivity contribution in [1.29, 1.82) is 0 Å². The van der Waals surface area contributed by atoms with Crippen LogP contribution in [-0.2, 0) is 16.4 Å². The second-order valence-electron chi connectivity index (χ2n) is 5.85. The van der Waals surface area contributed by atoms with E-state index in [2.05, 4.69) is 0 Å². The third-order valence-corrected chi connectivity index (χ3v) is 6.18. The molecule has 138 valence electrons. The molecule has 0 aliphatic carbocycles. The number of aryl methyl sites for hydroxylation is 1. The van der Waals surface area contributed by atoms with Crippen LogP contribution in [0.2, 0.25) is 0 Å². The SMILES string of the molecule is COc1ccc2c(c1)CCCN2S(=O)(=O)c1cc(C(=O)O)ccc1OC. The molecule has 0 fully saturated rings. The third kappa shape index (κ3) is 3.08. The van der Waals surface area contributed by atoms with Crippen molar-refractivity contribution in [1.82, 2.24) is 0 Å². The van der Waals surface area contributed by atoms with Crippen LogP contribution < -0.4 is 13.8 Å². The number of fused-ring (bicyclic) bond motifs is 1. The van der Waals surface area contributed by atoms with Gasteiger partial charge in [0.2, 0.25) is 0 Å². The predicted octanol–water partition coefficient (Wildman–Crippen LogP) is 2.54. The van der Waals surface area contributed by atoms with E-state index in [4.69, 9.17) is 9.47 Å². The smallest absolute Gasteiger partial charge is 0.335 e. The van der Waals surface area contributed by atoms with E-state index in [1.165, 1.54) is 23.5 Å². The van der Waals surface area contributed by atoms with Crippen LogP contribution in [0.1, 0.15) is 22.3 Å². The number of sulfonamides is 1. The number of hydrogen-bond acceptors (Lipinski definition) is 5. The van der Waals surface area contributed by atoms with Crippen LogP contribution in [0.15, 0.2) is 41.3 Å². The van der Waals surface area contributed by atoms with E-state index in [0.29, 0.717) is 24.4 Å². The highest BCUT2D eigenvalue weighted by atomic mass is 32.2. The van der Waals surface area contributed by atoms with Crippen molar-refractivity contribution >= 4 is 21.7 Å². The van der Waals surface area contributed by atoms with Gasteiger partial charge in [-0.05, 0) is 54.8 Å². The van der Waals surface area contributed by atoms with Crippen molar-refractivity contribution < 1.29 is 27.8 Å². The Morgan fingerprint density at radius 1 is 1.12 bits per heavy atom. The van der Waals surface area contributed by atoms with E-state index < -0.39 is 16.0 Å². The maximum atomic E-state index is 13.3. The number of hydrogen-bond donors (Lipinski definition) is 1. The summed E-state index contributed by atoms with van der Waals surface area (Å²) in [5.41, 5.74) is 1.32. The molecule has 1 N–H and O–H groups in total. The number of anilines is 1. The summed E-state index contributed by atoms with van der Waals surface area (Å²) in [6.07, 6.45) is 1.39. The fourth-order valence-corrected chi connectivity index (χ4v) is 4.77. The van der Waals surface area contributed by atoms with Crippen molar-refractivity contribution in [3.8, 4) is 11.5 Å². The van der Waals surface area contributed by atoms with Gasteiger partial charge in [0.1, 0.15) is 16.4 Å². The minimum Gasteiger partial charge on any atom is -0.497 e. The molecule has 0 unspecified atom stereocenters. The van der Waals surface area contributed by atoms with Crippen molar-refractivity contribution in [3.63, 3.8) is 0 Å². The van der Waals surface area contributed by atoms with Gasteiger partial charge < -0.3 is 14.6 Å². The average Bonchev–Trinajstić information content (AvgIpc) is 2.66. The topological polar surface area (TPSA) is 93.1 Å². The first-order chi connectivity index (χ1) is 12.4. The van der Waals surface area contributed by atoms with Gasteiger partial charge in [0.15, 0.2) is 0 Å². The number of carboxylic acid groups (broad SMARTS) is 1. The van der Waals surface area contributed by atoms with Crippen LogP contribution in [0.5, 0.6) is 11.5 Å². The number of benzene rings is 2. The van der Waals surface area contributed by atoms with E-state index in [1.807, 2.05) is 6.07 Å². The molecule has 8 heteroatoms. The molecule has 2 aromatic rings. The summed E-state index contributed by atoms with van der Waals surface area (Å²) in [7, 11) is -1.08. The first kappa shape index (κ1) is 18.1. The first-order valence-corrected chi connectivity index (χ1v) is 9.43.